The molecule has 0 aromatic rings. The Balaban J connectivity index is 4.33. The maximum absolute atomic E-state index is 12.8. The first kappa shape index (κ1) is 55.4. The number of allylic oxidation sites excluding steroid dienone is 15. The first-order valence-electron chi connectivity index (χ1n) is 22.6. The molecule has 0 aromatic carbocycles. The highest BCUT2D eigenvalue weighted by Gasteiger charge is 2.23. The van der Waals surface area contributed by atoms with E-state index in [-0.39, 0.29) is 12.5 Å². The van der Waals surface area contributed by atoms with Crippen LogP contribution < -0.4 is 10.2 Å². The summed E-state index contributed by atoms with van der Waals surface area (Å²) in [5.74, 6) is -0.226. The highest BCUT2D eigenvalue weighted by atomic mass is 31.2. The maximum atomic E-state index is 12.8. The van der Waals surface area contributed by atoms with Crippen LogP contribution in [0.3, 0.4) is 0 Å². The van der Waals surface area contributed by atoms with E-state index >= 15 is 0 Å². The van der Waals surface area contributed by atoms with Crippen molar-refractivity contribution < 1.29 is 32.9 Å². The number of likely N-dealkylation sites (N-methyl/N-ethyl adjacent to an activating group) is 1. The zero-order valence-electron chi connectivity index (χ0n) is 37.5. The molecule has 0 saturated carbocycles. The Labute approximate surface area is 356 Å². The summed E-state index contributed by atoms with van der Waals surface area (Å²) < 4.78 is 23.1. The van der Waals surface area contributed by atoms with E-state index in [0.717, 1.165) is 103 Å². The largest absolute Gasteiger partial charge is 0.756 e. The van der Waals surface area contributed by atoms with E-state index in [2.05, 4.69) is 104 Å². The Bertz CT molecular complexity index is 1260. The molecular weight excluding hydrogens is 744 g/mol. The van der Waals surface area contributed by atoms with Gasteiger partial charge >= 0.3 is 0 Å². The number of nitrogens with zero attached hydrogens (tertiary/aromatic N) is 1. The molecule has 0 heterocycles. The van der Waals surface area contributed by atoms with Crippen LogP contribution in [0.2, 0.25) is 0 Å². The second-order valence-corrected chi connectivity index (χ2v) is 17.4. The number of aliphatic hydroxyl groups excluding tert-OH is 1. The molecule has 8 nitrogen and oxygen atoms in total. The van der Waals surface area contributed by atoms with Gasteiger partial charge in [0.05, 0.1) is 39.9 Å². The number of aliphatic hydroxyl groups is 1. The summed E-state index contributed by atoms with van der Waals surface area (Å²) >= 11 is 0. The van der Waals surface area contributed by atoms with Crippen LogP contribution in [0.15, 0.2) is 97.2 Å². The summed E-state index contributed by atoms with van der Waals surface area (Å²) in [6.07, 6.45) is 56.1. The third-order valence-corrected chi connectivity index (χ3v) is 10.2. The Morgan fingerprint density at radius 2 is 1.07 bits per heavy atom. The Hall–Kier alpha value is -2.58. The highest BCUT2D eigenvalue weighted by molar-refractivity contribution is 7.45. The summed E-state index contributed by atoms with van der Waals surface area (Å²) in [7, 11) is 1.21. The lowest BCUT2D eigenvalue weighted by atomic mass is 10.1. The lowest BCUT2D eigenvalue weighted by Crippen LogP contribution is -2.45. The molecule has 1 amide bonds. The maximum Gasteiger partial charge on any atom is 0.268 e. The van der Waals surface area contributed by atoms with Crippen molar-refractivity contribution in [3.8, 4) is 0 Å². The van der Waals surface area contributed by atoms with Gasteiger partial charge < -0.3 is 28.8 Å². The Morgan fingerprint density at radius 3 is 1.59 bits per heavy atom. The van der Waals surface area contributed by atoms with E-state index < -0.39 is 26.6 Å². The van der Waals surface area contributed by atoms with Gasteiger partial charge in [0.15, 0.2) is 0 Å². The number of hydrogen-bond acceptors (Lipinski definition) is 6. The van der Waals surface area contributed by atoms with E-state index in [1.54, 1.807) is 6.08 Å². The van der Waals surface area contributed by atoms with Crippen LogP contribution in [0.1, 0.15) is 155 Å². The van der Waals surface area contributed by atoms with Crippen molar-refractivity contribution >= 4 is 13.7 Å². The quantitative estimate of drug-likeness (QED) is 0.0276. The van der Waals surface area contributed by atoms with E-state index in [1.165, 1.54) is 32.1 Å². The normalized spacial score (nSPS) is 15.2. The third-order valence-electron chi connectivity index (χ3n) is 9.24. The van der Waals surface area contributed by atoms with Gasteiger partial charge in [0.1, 0.15) is 13.2 Å². The molecule has 0 aromatic heterocycles. The molecule has 0 rings (SSSR count). The number of phosphoric acid groups is 1. The van der Waals surface area contributed by atoms with Gasteiger partial charge in [-0.3, -0.25) is 9.36 Å². The topological polar surface area (TPSA) is 108 Å². The van der Waals surface area contributed by atoms with Gasteiger partial charge in [-0.1, -0.05) is 162 Å². The first-order valence-corrected chi connectivity index (χ1v) is 24.1. The summed E-state index contributed by atoms with van der Waals surface area (Å²) in [5.41, 5.74) is 0. The van der Waals surface area contributed by atoms with Gasteiger partial charge in [0, 0.05) is 6.42 Å². The third kappa shape index (κ3) is 41.6. The predicted molar refractivity (Wildman–Crippen MR) is 246 cm³/mol. The van der Waals surface area contributed by atoms with Crippen LogP contribution in [0, 0.1) is 0 Å². The van der Waals surface area contributed by atoms with Gasteiger partial charge in [0.25, 0.3) is 7.82 Å². The van der Waals surface area contributed by atoms with Crippen molar-refractivity contribution in [1.82, 2.24) is 5.32 Å². The average Bonchev–Trinajstić information content (AvgIpc) is 3.17. The summed E-state index contributed by atoms with van der Waals surface area (Å²) in [6.45, 7) is 4.39. The molecule has 0 aliphatic carbocycles. The molecule has 0 saturated heterocycles. The number of amides is 1. The number of rotatable bonds is 39. The zero-order chi connectivity index (χ0) is 42.8. The number of quaternary nitrogens is 1. The molecular formula is C49H85N2O6P. The minimum absolute atomic E-state index is 0.0158. The summed E-state index contributed by atoms with van der Waals surface area (Å²) in [5, 5.41) is 13.7. The standard InChI is InChI=1S/C49H85N2O6P/c1-6-8-10-12-14-16-18-19-20-21-22-23-24-25-26-27-28-29-30-31-33-35-37-39-41-43-49(53)50-47(46-57-58(54,55)56-45-44-51(3,4)5)48(52)42-40-38-36-34-32-17-15-13-11-9-7-2/h8,10-11,13-14,16,19-20,22-23,25-26,32,34,40,42,47-48,52H,6-7,9,12,15,17-18,21,24,27-31,33,35-39,41,43-46H2,1-5H3,(H-,50,53,54,55)/b10-8-,13-11+,16-14-,20-19-,23-22-,26-25-,34-32+,42-40+. The smallest absolute Gasteiger partial charge is 0.268 e. The molecule has 0 radical (unpaired) electrons. The lowest BCUT2D eigenvalue weighted by molar-refractivity contribution is -0.870. The van der Waals surface area contributed by atoms with Crippen molar-refractivity contribution in [3.63, 3.8) is 0 Å². The highest BCUT2D eigenvalue weighted by Crippen LogP contribution is 2.38. The van der Waals surface area contributed by atoms with Crippen LogP contribution in [0.4, 0.5) is 0 Å². The van der Waals surface area contributed by atoms with E-state index in [4.69, 9.17) is 9.05 Å². The minimum atomic E-state index is -4.60. The fourth-order valence-corrected chi connectivity index (χ4v) is 6.41. The molecule has 58 heavy (non-hydrogen) atoms. The molecule has 2 N–H and O–H groups in total. The molecule has 332 valence electrons. The zero-order valence-corrected chi connectivity index (χ0v) is 38.3. The number of hydrogen-bond donors (Lipinski definition) is 2. The second-order valence-electron chi connectivity index (χ2n) is 16.0. The lowest BCUT2D eigenvalue weighted by Gasteiger charge is -2.29. The predicted octanol–water partition coefficient (Wildman–Crippen LogP) is 12.1. The molecule has 0 fully saturated rings. The Kier molecular flexibility index (Phi) is 38.1. The molecule has 0 bridgehead atoms. The fourth-order valence-electron chi connectivity index (χ4n) is 5.69. The second kappa shape index (κ2) is 39.9. The number of carbonyl (C=O) groups excluding carboxylic acids is 1. The van der Waals surface area contributed by atoms with Crippen molar-refractivity contribution in [2.24, 2.45) is 0 Å². The van der Waals surface area contributed by atoms with Gasteiger partial charge in [0.2, 0.25) is 5.91 Å². The van der Waals surface area contributed by atoms with Gasteiger partial charge in [-0.25, -0.2) is 0 Å². The summed E-state index contributed by atoms with van der Waals surface area (Å²) in [4.78, 5) is 25.3. The van der Waals surface area contributed by atoms with Crippen molar-refractivity contribution in [3.05, 3.63) is 97.2 Å². The van der Waals surface area contributed by atoms with Gasteiger partial charge in [-0.2, -0.15) is 0 Å². The molecule has 9 heteroatoms. The monoisotopic (exact) mass is 829 g/mol. The number of nitrogens with one attached hydrogen (secondary N) is 1. The van der Waals surface area contributed by atoms with E-state index in [1.807, 2.05) is 27.2 Å². The number of unbranched alkanes of at least 4 members (excludes halogenated alkanes) is 12. The van der Waals surface area contributed by atoms with Gasteiger partial charge in [-0.15, -0.1) is 0 Å². The average molecular weight is 829 g/mol. The van der Waals surface area contributed by atoms with Crippen LogP contribution >= 0.6 is 7.82 Å². The summed E-state index contributed by atoms with van der Waals surface area (Å²) in [6, 6.07) is -0.917. The van der Waals surface area contributed by atoms with Crippen LogP contribution in [-0.2, 0) is 18.4 Å². The number of phosphoric ester groups is 1. The molecule has 0 aliphatic rings. The molecule has 0 spiro atoms. The Morgan fingerprint density at radius 1 is 0.621 bits per heavy atom. The van der Waals surface area contributed by atoms with Crippen LogP contribution in [0.5, 0.6) is 0 Å². The number of carbonyl (C=O) groups is 1. The molecule has 3 atom stereocenters. The van der Waals surface area contributed by atoms with Crippen molar-refractivity contribution in [2.75, 3.05) is 40.9 Å². The van der Waals surface area contributed by atoms with Crippen LogP contribution in [0.25, 0.3) is 0 Å². The van der Waals surface area contributed by atoms with Gasteiger partial charge in [-0.05, 0) is 83.5 Å². The van der Waals surface area contributed by atoms with Crippen molar-refractivity contribution in [2.45, 2.75) is 167 Å². The van der Waals surface area contributed by atoms with E-state index in [9.17, 15) is 19.4 Å². The van der Waals surface area contributed by atoms with E-state index in [0.29, 0.717) is 17.4 Å². The SMILES string of the molecule is CC/C=C\C/C=C\C/C=C\C/C=C\C/C=C\CCCCCCCCCCCC(=O)NC(COP(=O)([O-])OCC[N+](C)(C)C)C(O)/C=C/CC/C=C/CC/C=C/CCC. The minimum Gasteiger partial charge on any atom is -0.756 e. The van der Waals surface area contributed by atoms with Crippen LogP contribution in [-0.4, -0.2) is 68.5 Å². The van der Waals surface area contributed by atoms with Crippen molar-refractivity contribution in [1.29, 1.82) is 0 Å². The first-order chi connectivity index (χ1) is 28.0. The molecule has 3 unspecified atom stereocenters. The fraction of sp³-hybridized carbons (Fsp3) is 0.653. The molecule has 0 aliphatic heterocycles.